The van der Waals surface area contributed by atoms with E-state index in [9.17, 15) is 4.79 Å². The lowest BCUT2D eigenvalue weighted by Crippen LogP contribution is -2.50. The maximum Gasteiger partial charge on any atom is 0.222 e. The summed E-state index contributed by atoms with van der Waals surface area (Å²) in [6.45, 7) is 2.14. The van der Waals surface area contributed by atoms with Crippen LogP contribution < -0.4 is 5.32 Å². The van der Waals surface area contributed by atoms with E-state index in [4.69, 9.17) is 0 Å². The summed E-state index contributed by atoms with van der Waals surface area (Å²) in [4.78, 5) is 13.2. The Bertz CT molecular complexity index is 158. The number of carbonyl (C=O) groups excluding carboxylic acids is 1. The van der Waals surface area contributed by atoms with E-state index in [1.165, 1.54) is 13.0 Å². The fourth-order valence-electron chi connectivity index (χ4n) is 1.76. The number of nitrogens with zero attached hydrogens (tertiary/aromatic N) is 1. The van der Waals surface area contributed by atoms with Gasteiger partial charge in [-0.15, -0.1) is 0 Å². The van der Waals surface area contributed by atoms with Crippen LogP contribution in [-0.2, 0) is 4.79 Å². The standard InChI is InChI=1S/C7H12N2O/c10-7-3-5-9-4-1-2-6(9)8-7/h6H,1-5H2,(H,8,10). The minimum absolute atomic E-state index is 0.225. The number of carbonyl (C=O) groups is 1. The van der Waals surface area contributed by atoms with Crippen LogP contribution in [0.4, 0.5) is 0 Å². The van der Waals surface area contributed by atoms with Crippen LogP contribution in [0.1, 0.15) is 19.3 Å². The molecule has 3 nitrogen and oxygen atoms in total. The lowest BCUT2D eigenvalue weighted by atomic mass is 10.2. The van der Waals surface area contributed by atoms with Gasteiger partial charge in [-0.3, -0.25) is 9.69 Å². The first-order valence-corrected chi connectivity index (χ1v) is 3.90. The van der Waals surface area contributed by atoms with Gasteiger partial charge in [-0.2, -0.15) is 0 Å². The average molecular weight is 140 g/mol. The Balaban J connectivity index is 2.03. The smallest absolute Gasteiger partial charge is 0.222 e. The maximum atomic E-state index is 10.9. The second kappa shape index (κ2) is 2.23. The Hall–Kier alpha value is -0.570. The predicted molar refractivity (Wildman–Crippen MR) is 37.4 cm³/mol. The van der Waals surface area contributed by atoms with Crippen LogP contribution in [0.15, 0.2) is 0 Å². The first kappa shape index (κ1) is 6.16. The van der Waals surface area contributed by atoms with E-state index in [2.05, 4.69) is 10.2 Å². The summed E-state index contributed by atoms with van der Waals surface area (Å²) in [5.41, 5.74) is 0. The van der Waals surface area contributed by atoms with Crippen LogP contribution in [-0.4, -0.2) is 30.1 Å². The Morgan fingerprint density at radius 3 is 3.30 bits per heavy atom. The molecular formula is C7H12N2O. The van der Waals surface area contributed by atoms with Gasteiger partial charge in [-0.05, 0) is 12.8 Å². The topological polar surface area (TPSA) is 32.3 Å². The summed E-state index contributed by atoms with van der Waals surface area (Å²) in [5.74, 6) is 0.225. The first-order valence-electron chi connectivity index (χ1n) is 3.90. The molecule has 1 atom stereocenters. The first-order chi connectivity index (χ1) is 4.86. The fraction of sp³-hybridized carbons (Fsp3) is 0.857. The normalized spacial score (nSPS) is 33.6. The fourth-order valence-corrected chi connectivity index (χ4v) is 1.76. The number of nitrogens with one attached hydrogen (secondary N) is 1. The van der Waals surface area contributed by atoms with E-state index in [1.807, 2.05) is 0 Å². The van der Waals surface area contributed by atoms with Crippen LogP contribution in [0.5, 0.6) is 0 Å². The number of amides is 1. The van der Waals surface area contributed by atoms with Crippen molar-refractivity contribution in [1.29, 1.82) is 0 Å². The molecule has 0 bridgehead atoms. The largest absolute Gasteiger partial charge is 0.341 e. The molecule has 10 heavy (non-hydrogen) atoms. The Labute approximate surface area is 60.4 Å². The van der Waals surface area contributed by atoms with Gasteiger partial charge in [0.15, 0.2) is 0 Å². The summed E-state index contributed by atoms with van der Waals surface area (Å²) in [7, 11) is 0. The highest BCUT2D eigenvalue weighted by Crippen LogP contribution is 2.17. The lowest BCUT2D eigenvalue weighted by Gasteiger charge is -2.29. The molecule has 1 amide bonds. The van der Waals surface area contributed by atoms with Crippen molar-refractivity contribution in [3.63, 3.8) is 0 Å². The molecule has 2 aliphatic rings. The maximum absolute atomic E-state index is 10.9. The van der Waals surface area contributed by atoms with E-state index in [1.54, 1.807) is 0 Å². The highest BCUT2D eigenvalue weighted by Gasteiger charge is 2.29. The minimum Gasteiger partial charge on any atom is -0.341 e. The zero-order chi connectivity index (χ0) is 6.97. The van der Waals surface area contributed by atoms with E-state index < -0.39 is 0 Å². The van der Waals surface area contributed by atoms with Gasteiger partial charge in [0.1, 0.15) is 0 Å². The van der Waals surface area contributed by atoms with Crippen molar-refractivity contribution in [1.82, 2.24) is 10.2 Å². The average Bonchev–Trinajstić information content (AvgIpc) is 2.33. The SMILES string of the molecule is O=C1CCN2CCCC2N1. The third-order valence-corrected chi connectivity index (χ3v) is 2.32. The molecule has 0 radical (unpaired) electrons. The van der Waals surface area contributed by atoms with E-state index in [0.29, 0.717) is 12.6 Å². The zero-order valence-electron chi connectivity index (χ0n) is 5.97. The molecule has 0 spiro atoms. The van der Waals surface area contributed by atoms with E-state index in [-0.39, 0.29) is 5.91 Å². The molecular weight excluding hydrogens is 128 g/mol. The Kier molecular flexibility index (Phi) is 1.38. The summed E-state index contributed by atoms with van der Waals surface area (Å²) >= 11 is 0. The molecule has 0 aliphatic carbocycles. The molecule has 0 aromatic heterocycles. The summed E-state index contributed by atoms with van der Waals surface area (Å²) in [6, 6.07) is 0. The van der Waals surface area contributed by atoms with E-state index >= 15 is 0 Å². The summed E-state index contributed by atoms with van der Waals surface area (Å²) < 4.78 is 0. The summed E-state index contributed by atoms with van der Waals surface area (Å²) in [5, 5.41) is 2.97. The molecule has 56 valence electrons. The molecule has 2 heterocycles. The molecule has 2 saturated heterocycles. The van der Waals surface area contributed by atoms with E-state index in [0.717, 1.165) is 13.0 Å². The van der Waals surface area contributed by atoms with Gasteiger partial charge in [-0.25, -0.2) is 0 Å². The molecule has 0 aromatic rings. The van der Waals surface area contributed by atoms with Gasteiger partial charge in [0, 0.05) is 19.5 Å². The van der Waals surface area contributed by atoms with Gasteiger partial charge in [-0.1, -0.05) is 0 Å². The van der Waals surface area contributed by atoms with Crippen molar-refractivity contribution >= 4 is 5.91 Å². The number of fused-ring (bicyclic) bond motifs is 1. The van der Waals surface area contributed by atoms with Gasteiger partial charge in [0.05, 0.1) is 6.17 Å². The molecule has 0 aromatic carbocycles. The van der Waals surface area contributed by atoms with Crippen LogP contribution in [0, 0.1) is 0 Å². The highest BCUT2D eigenvalue weighted by atomic mass is 16.2. The van der Waals surface area contributed by atoms with Crippen molar-refractivity contribution in [2.75, 3.05) is 13.1 Å². The van der Waals surface area contributed by atoms with Crippen molar-refractivity contribution in [2.45, 2.75) is 25.4 Å². The van der Waals surface area contributed by atoms with Crippen LogP contribution in [0.3, 0.4) is 0 Å². The summed E-state index contributed by atoms with van der Waals surface area (Å²) in [6.07, 6.45) is 3.45. The van der Waals surface area contributed by atoms with Crippen LogP contribution in [0.2, 0.25) is 0 Å². The zero-order valence-corrected chi connectivity index (χ0v) is 5.97. The van der Waals surface area contributed by atoms with Crippen molar-refractivity contribution in [3.05, 3.63) is 0 Å². The Morgan fingerprint density at radius 2 is 2.40 bits per heavy atom. The number of hydrogen-bond donors (Lipinski definition) is 1. The van der Waals surface area contributed by atoms with Gasteiger partial charge >= 0.3 is 0 Å². The third-order valence-electron chi connectivity index (χ3n) is 2.32. The Morgan fingerprint density at radius 1 is 1.50 bits per heavy atom. The van der Waals surface area contributed by atoms with Gasteiger partial charge in [0.2, 0.25) is 5.91 Å². The highest BCUT2D eigenvalue weighted by molar-refractivity contribution is 5.77. The lowest BCUT2D eigenvalue weighted by molar-refractivity contribution is -0.125. The molecule has 2 aliphatic heterocycles. The van der Waals surface area contributed by atoms with Crippen molar-refractivity contribution < 1.29 is 4.79 Å². The second-order valence-corrected chi connectivity index (χ2v) is 3.01. The van der Waals surface area contributed by atoms with Gasteiger partial charge in [0.25, 0.3) is 0 Å². The molecule has 1 unspecified atom stereocenters. The predicted octanol–water partition coefficient (Wildman–Crippen LogP) is -0.0718. The third kappa shape index (κ3) is 0.904. The molecule has 2 rings (SSSR count). The molecule has 0 saturated carbocycles. The van der Waals surface area contributed by atoms with Crippen LogP contribution in [0.25, 0.3) is 0 Å². The van der Waals surface area contributed by atoms with Crippen LogP contribution >= 0.6 is 0 Å². The van der Waals surface area contributed by atoms with Gasteiger partial charge < -0.3 is 5.32 Å². The monoisotopic (exact) mass is 140 g/mol. The minimum atomic E-state index is 0.225. The number of rotatable bonds is 0. The number of hydrogen-bond acceptors (Lipinski definition) is 2. The second-order valence-electron chi connectivity index (χ2n) is 3.01. The quantitative estimate of drug-likeness (QED) is 0.510. The molecule has 3 heteroatoms. The van der Waals surface area contributed by atoms with Crippen molar-refractivity contribution in [2.24, 2.45) is 0 Å². The molecule has 1 N–H and O–H groups in total. The van der Waals surface area contributed by atoms with Crippen molar-refractivity contribution in [3.8, 4) is 0 Å². The molecule has 2 fully saturated rings.